The SMILES string of the molecule is N#CC1=CCC(c2cc(C#N)c[nH]2)=N1. The van der Waals surface area contributed by atoms with Gasteiger partial charge in [-0.1, -0.05) is 0 Å². The number of hydrogen-bond donors (Lipinski definition) is 1. The molecule has 1 N–H and O–H groups in total. The van der Waals surface area contributed by atoms with Gasteiger partial charge in [-0.3, -0.25) is 0 Å². The van der Waals surface area contributed by atoms with E-state index in [0.29, 0.717) is 17.7 Å². The molecular weight excluding hydrogens is 176 g/mol. The predicted molar refractivity (Wildman–Crippen MR) is 50.4 cm³/mol. The molecule has 0 bridgehead atoms. The number of rotatable bonds is 1. The van der Waals surface area contributed by atoms with Crippen molar-refractivity contribution >= 4 is 5.71 Å². The summed E-state index contributed by atoms with van der Waals surface area (Å²) in [5.74, 6) is 0. The summed E-state index contributed by atoms with van der Waals surface area (Å²) in [5.41, 5.74) is 2.63. The van der Waals surface area contributed by atoms with E-state index in [1.165, 1.54) is 0 Å². The fourth-order valence-electron chi connectivity index (χ4n) is 1.30. The number of nitrogens with one attached hydrogen (secondary N) is 1. The Morgan fingerprint density at radius 2 is 2.21 bits per heavy atom. The van der Waals surface area contributed by atoms with Gasteiger partial charge >= 0.3 is 0 Å². The van der Waals surface area contributed by atoms with Gasteiger partial charge in [0, 0.05) is 12.6 Å². The molecule has 66 valence electrons. The van der Waals surface area contributed by atoms with Gasteiger partial charge in [0.25, 0.3) is 0 Å². The van der Waals surface area contributed by atoms with Crippen molar-refractivity contribution in [3.8, 4) is 12.1 Å². The van der Waals surface area contributed by atoms with Crippen LogP contribution in [0.1, 0.15) is 17.7 Å². The standard InChI is InChI=1S/C10H6N4/c11-4-7-3-10(13-6-7)9-2-1-8(5-12)14-9/h1,3,6,13H,2H2. The molecule has 14 heavy (non-hydrogen) atoms. The topological polar surface area (TPSA) is 75.7 Å². The van der Waals surface area contributed by atoms with E-state index in [0.717, 1.165) is 11.4 Å². The van der Waals surface area contributed by atoms with Gasteiger partial charge in [0.15, 0.2) is 0 Å². The van der Waals surface area contributed by atoms with E-state index in [1.807, 2.05) is 12.1 Å². The summed E-state index contributed by atoms with van der Waals surface area (Å²) >= 11 is 0. The van der Waals surface area contributed by atoms with Crippen LogP contribution in [0.5, 0.6) is 0 Å². The molecule has 0 aliphatic carbocycles. The molecule has 0 spiro atoms. The summed E-state index contributed by atoms with van der Waals surface area (Å²) in [5, 5.41) is 17.2. The van der Waals surface area contributed by atoms with Gasteiger partial charge in [0.2, 0.25) is 0 Å². The predicted octanol–water partition coefficient (Wildman–Crippen LogP) is 1.49. The van der Waals surface area contributed by atoms with Crippen molar-refractivity contribution < 1.29 is 0 Å². The van der Waals surface area contributed by atoms with Crippen LogP contribution in [0, 0.1) is 22.7 Å². The van der Waals surface area contributed by atoms with Crippen LogP contribution in [0.2, 0.25) is 0 Å². The fraction of sp³-hybridized carbons (Fsp3) is 0.100. The van der Waals surface area contributed by atoms with E-state index in [1.54, 1.807) is 18.3 Å². The zero-order valence-corrected chi connectivity index (χ0v) is 7.28. The summed E-state index contributed by atoms with van der Waals surface area (Å²) in [6, 6.07) is 5.74. The highest BCUT2D eigenvalue weighted by atomic mass is 14.8. The molecule has 2 rings (SSSR count). The molecule has 0 aromatic carbocycles. The zero-order chi connectivity index (χ0) is 9.97. The average molecular weight is 182 g/mol. The molecule has 0 saturated carbocycles. The Balaban J connectivity index is 2.29. The van der Waals surface area contributed by atoms with Crippen LogP contribution in [0.15, 0.2) is 29.0 Å². The lowest BCUT2D eigenvalue weighted by Crippen LogP contribution is -1.95. The second kappa shape index (κ2) is 3.20. The van der Waals surface area contributed by atoms with Crippen LogP contribution in [0.3, 0.4) is 0 Å². The smallest absolute Gasteiger partial charge is 0.137 e. The van der Waals surface area contributed by atoms with Gasteiger partial charge in [-0.05, 0) is 12.1 Å². The number of nitriles is 2. The Morgan fingerprint density at radius 1 is 1.36 bits per heavy atom. The first kappa shape index (κ1) is 8.28. The van der Waals surface area contributed by atoms with Gasteiger partial charge < -0.3 is 4.98 Å². The monoisotopic (exact) mass is 182 g/mol. The normalized spacial score (nSPS) is 14.1. The third-order valence-electron chi connectivity index (χ3n) is 1.98. The maximum atomic E-state index is 8.62. The maximum absolute atomic E-state index is 8.62. The van der Waals surface area contributed by atoms with Crippen molar-refractivity contribution in [3.63, 3.8) is 0 Å². The number of H-pyrrole nitrogens is 1. The quantitative estimate of drug-likeness (QED) is 0.714. The van der Waals surface area contributed by atoms with Crippen molar-refractivity contribution in [2.75, 3.05) is 0 Å². The Bertz CT molecular complexity index is 505. The number of aromatic amines is 1. The van der Waals surface area contributed by atoms with E-state index < -0.39 is 0 Å². The highest BCUT2D eigenvalue weighted by Gasteiger charge is 2.11. The Morgan fingerprint density at radius 3 is 2.79 bits per heavy atom. The summed E-state index contributed by atoms with van der Waals surface area (Å²) in [7, 11) is 0. The highest BCUT2D eigenvalue weighted by Crippen LogP contribution is 2.15. The van der Waals surface area contributed by atoms with Gasteiger partial charge in [-0.2, -0.15) is 10.5 Å². The molecule has 1 aromatic rings. The third kappa shape index (κ3) is 1.30. The average Bonchev–Trinajstić information content (AvgIpc) is 2.86. The summed E-state index contributed by atoms with van der Waals surface area (Å²) in [6.45, 7) is 0. The number of aliphatic imine (C=N–C) groups is 1. The Labute approximate surface area is 80.8 Å². The van der Waals surface area contributed by atoms with Crippen molar-refractivity contribution in [2.24, 2.45) is 4.99 Å². The van der Waals surface area contributed by atoms with Crippen molar-refractivity contribution in [1.82, 2.24) is 4.98 Å². The van der Waals surface area contributed by atoms with Gasteiger partial charge in [-0.25, -0.2) is 4.99 Å². The molecule has 2 heterocycles. The molecular formula is C10H6N4. The van der Waals surface area contributed by atoms with E-state index in [2.05, 4.69) is 9.98 Å². The molecule has 0 unspecified atom stereocenters. The van der Waals surface area contributed by atoms with Gasteiger partial charge in [0.1, 0.15) is 17.8 Å². The van der Waals surface area contributed by atoms with E-state index in [-0.39, 0.29) is 0 Å². The van der Waals surface area contributed by atoms with Crippen LogP contribution >= 0.6 is 0 Å². The van der Waals surface area contributed by atoms with Gasteiger partial charge in [0.05, 0.1) is 17.0 Å². The van der Waals surface area contributed by atoms with E-state index >= 15 is 0 Å². The highest BCUT2D eigenvalue weighted by molar-refractivity contribution is 6.02. The molecule has 0 radical (unpaired) electrons. The summed E-state index contributed by atoms with van der Waals surface area (Å²) in [4.78, 5) is 7.05. The second-order valence-electron chi connectivity index (χ2n) is 2.88. The Kier molecular flexibility index (Phi) is 1.89. The van der Waals surface area contributed by atoms with Crippen molar-refractivity contribution in [2.45, 2.75) is 6.42 Å². The van der Waals surface area contributed by atoms with E-state index in [4.69, 9.17) is 10.5 Å². The lowest BCUT2D eigenvalue weighted by atomic mass is 10.2. The van der Waals surface area contributed by atoms with Crippen molar-refractivity contribution in [1.29, 1.82) is 10.5 Å². The first-order valence-electron chi connectivity index (χ1n) is 4.10. The fourth-order valence-corrected chi connectivity index (χ4v) is 1.30. The van der Waals surface area contributed by atoms with Gasteiger partial charge in [-0.15, -0.1) is 0 Å². The molecule has 4 heteroatoms. The molecule has 0 saturated heterocycles. The molecule has 0 amide bonds. The largest absolute Gasteiger partial charge is 0.359 e. The first-order chi connectivity index (χ1) is 6.83. The molecule has 1 aromatic heterocycles. The minimum Gasteiger partial charge on any atom is -0.359 e. The number of allylic oxidation sites excluding steroid dienone is 2. The molecule has 4 nitrogen and oxygen atoms in total. The van der Waals surface area contributed by atoms with Crippen molar-refractivity contribution in [3.05, 3.63) is 35.3 Å². The Hall–Kier alpha value is -2.33. The second-order valence-corrected chi connectivity index (χ2v) is 2.88. The molecule has 1 aliphatic rings. The lowest BCUT2D eigenvalue weighted by molar-refractivity contribution is 1.33. The summed E-state index contributed by atoms with van der Waals surface area (Å²) < 4.78 is 0. The minimum atomic E-state index is 0.438. The number of hydrogen-bond acceptors (Lipinski definition) is 3. The van der Waals surface area contributed by atoms with Crippen LogP contribution in [-0.4, -0.2) is 10.7 Å². The minimum absolute atomic E-state index is 0.438. The molecule has 0 fully saturated rings. The maximum Gasteiger partial charge on any atom is 0.137 e. The van der Waals surface area contributed by atoms with Crippen LogP contribution in [0.25, 0.3) is 0 Å². The molecule has 1 aliphatic heterocycles. The third-order valence-corrected chi connectivity index (χ3v) is 1.98. The van der Waals surface area contributed by atoms with Crippen LogP contribution in [0.4, 0.5) is 0 Å². The van der Waals surface area contributed by atoms with E-state index in [9.17, 15) is 0 Å². The summed E-state index contributed by atoms with van der Waals surface area (Å²) in [6.07, 6.45) is 4.04. The lowest BCUT2D eigenvalue weighted by Gasteiger charge is -1.92. The first-order valence-corrected chi connectivity index (χ1v) is 4.10. The number of nitrogens with zero attached hydrogens (tertiary/aromatic N) is 3. The number of aromatic nitrogens is 1. The molecule has 0 atom stereocenters. The zero-order valence-electron chi connectivity index (χ0n) is 7.28. The van der Waals surface area contributed by atoms with Crippen LogP contribution in [-0.2, 0) is 0 Å². The van der Waals surface area contributed by atoms with Crippen LogP contribution < -0.4 is 0 Å².